The van der Waals surface area contributed by atoms with Gasteiger partial charge in [-0.2, -0.15) is 0 Å². The number of nitrogens with zero attached hydrogens (tertiary/aromatic N) is 1. The summed E-state index contributed by atoms with van der Waals surface area (Å²) in [5.74, 6) is -0.0435. The van der Waals surface area contributed by atoms with Crippen LogP contribution in [0.3, 0.4) is 0 Å². The van der Waals surface area contributed by atoms with E-state index in [0.717, 1.165) is 19.5 Å². The van der Waals surface area contributed by atoms with Crippen molar-refractivity contribution in [2.45, 2.75) is 59.4 Å². The first kappa shape index (κ1) is 14.5. The molecule has 17 heavy (non-hydrogen) atoms. The van der Waals surface area contributed by atoms with E-state index < -0.39 is 0 Å². The Bertz CT molecular complexity index is 249. The summed E-state index contributed by atoms with van der Waals surface area (Å²) < 4.78 is 5.16. The third-order valence-corrected chi connectivity index (χ3v) is 4.35. The van der Waals surface area contributed by atoms with Gasteiger partial charge < -0.3 is 4.74 Å². The van der Waals surface area contributed by atoms with Crippen molar-refractivity contribution in [1.82, 2.24) is 4.90 Å². The highest BCUT2D eigenvalue weighted by atomic mass is 16.5. The van der Waals surface area contributed by atoms with Crippen LogP contribution in [0, 0.1) is 5.41 Å². The van der Waals surface area contributed by atoms with Crippen LogP contribution in [0.1, 0.15) is 53.4 Å². The van der Waals surface area contributed by atoms with Gasteiger partial charge in [-0.3, -0.25) is 9.69 Å². The molecule has 3 heteroatoms. The van der Waals surface area contributed by atoms with Gasteiger partial charge in [-0.05, 0) is 44.6 Å². The maximum Gasteiger partial charge on any atom is 0.323 e. The molecule has 1 fully saturated rings. The molecule has 1 rings (SSSR count). The number of likely N-dealkylation sites (tertiary alicyclic amines) is 1. The molecule has 1 aliphatic heterocycles. The van der Waals surface area contributed by atoms with Gasteiger partial charge in [-0.15, -0.1) is 0 Å². The molecule has 1 saturated heterocycles. The fraction of sp³-hybridized carbons (Fsp3) is 0.929. The van der Waals surface area contributed by atoms with Gasteiger partial charge in [-0.25, -0.2) is 0 Å². The van der Waals surface area contributed by atoms with Crippen LogP contribution < -0.4 is 0 Å². The van der Waals surface area contributed by atoms with Crippen molar-refractivity contribution in [1.29, 1.82) is 0 Å². The molecule has 0 bridgehead atoms. The van der Waals surface area contributed by atoms with E-state index in [1.165, 1.54) is 19.3 Å². The number of rotatable bonds is 6. The molecular weight excluding hydrogens is 214 g/mol. The fourth-order valence-electron chi connectivity index (χ4n) is 2.88. The van der Waals surface area contributed by atoms with E-state index in [2.05, 4.69) is 25.7 Å². The molecule has 100 valence electrons. The molecule has 0 saturated carbocycles. The van der Waals surface area contributed by atoms with Gasteiger partial charge in [0, 0.05) is 6.54 Å². The molecule has 0 spiro atoms. The molecule has 0 N–H and O–H groups in total. The van der Waals surface area contributed by atoms with Gasteiger partial charge in [0.1, 0.15) is 6.04 Å². The summed E-state index contributed by atoms with van der Waals surface area (Å²) in [4.78, 5) is 14.2. The Balaban J connectivity index is 2.64. The number of hydrogen-bond donors (Lipinski definition) is 0. The van der Waals surface area contributed by atoms with Crippen molar-refractivity contribution < 1.29 is 9.53 Å². The molecule has 0 aliphatic carbocycles. The van der Waals surface area contributed by atoms with E-state index in [-0.39, 0.29) is 12.0 Å². The minimum Gasteiger partial charge on any atom is -0.465 e. The zero-order valence-electron chi connectivity index (χ0n) is 11.8. The van der Waals surface area contributed by atoms with Crippen molar-refractivity contribution in [3.63, 3.8) is 0 Å². The summed E-state index contributed by atoms with van der Waals surface area (Å²) in [6, 6.07) is -0.0325. The Labute approximate surface area is 106 Å². The molecule has 0 amide bonds. The Morgan fingerprint density at radius 3 is 2.35 bits per heavy atom. The summed E-state index contributed by atoms with van der Waals surface area (Å²) in [6.45, 7) is 11.0. The van der Waals surface area contributed by atoms with E-state index in [9.17, 15) is 4.79 Å². The summed E-state index contributed by atoms with van der Waals surface area (Å²) >= 11 is 0. The van der Waals surface area contributed by atoms with Crippen molar-refractivity contribution in [2.75, 3.05) is 19.7 Å². The van der Waals surface area contributed by atoms with Crippen LogP contribution >= 0.6 is 0 Å². The molecule has 0 aromatic rings. The van der Waals surface area contributed by atoms with Gasteiger partial charge >= 0.3 is 5.97 Å². The lowest BCUT2D eigenvalue weighted by molar-refractivity contribution is -0.149. The normalized spacial score (nSPS) is 21.4. The van der Waals surface area contributed by atoms with Gasteiger partial charge in [0.25, 0.3) is 0 Å². The number of hydrogen-bond acceptors (Lipinski definition) is 3. The van der Waals surface area contributed by atoms with Gasteiger partial charge in [-0.1, -0.05) is 20.8 Å². The predicted molar refractivity (Wildman–Crippen MR) is 69.9 cm³/mol. The Morgan fingerprint density at radius 1 is 1.29 bits per heavy atom. The summed E-state index contributed by atoms with van der Waals surface area (Å²) in [6.07, 6.45) is 4.48. The highest BCUT2D eigenvalue weighted by Crippen LogP contribution is 2.38. The molecule has 0 aromatic heterocycles. The van der Waals surface area contributed by atoms with Gasteiger partial charge in [0.2, 0.25) is 0 Å². The first-order valence-corrected chi connectivity index (χ1v) is 7.03. The Hall–Kier alpha value is -0.570. The van der Waals surface area contributed by atoms with Crippen LogP contribution in [-0.2, 0) is 9.53 Å². The monoisotopic (exact) mass is 241 g/mol. The topological polar surface area (TPSA) is 29.5 Å². The van der Waals surface area contributed by atoms with E-state index in [1.807, 2.05) is 6.92 Å². The molecular formula is C14H27NO2. The number of carbonyl (C=O) groups is 1. The van der Waals surface area contributed by atoms with Gasteiger partial charge in [0.15, 0.2) is 0 Å². The lowest BCUT2D eigenvalue weighted by Crippen LogP contribution is -2.41. The SMILES string of the molecule is CCOC(=O)C(CC)N1CCC(CC)(CC)C1. The fourth-order valence-corrected chi connectivity index (χ4v) is 2.88. The van der Waals surface area contributed by atoms with Crippen molar-refractivity contribution in [3.05, 3.63) is 0 Å². The summed E-state index contributed by atoms with van der Waals surface area (Å²) in [7, 11) is 0. The van der Waals surface area contributed by atoms with Crippen LogP contribution in [0.4, 0.5) is 0 Å². The number of ether oxygens (including phenoxy) is 1. The number of esters is 1. The largest absolute Gasteiger partial charge is 0.465 e. The quantitative estimate of drug-likeness (QED) is 0.670. The van der Waals surface area contributed by atoms with Crippen molar-refractivity contribution >= 4 is 5.97 Å². The minimum absolute atomic E-state index is 0.0325. The van der Waals surface area contributed by atoms with Crippen molar-refractivity contribution in [3.8, 4) is 0 Å². The molecule has 1 heterocycles. The van der Waals surface area contributed by atoms with Crippen LogP contribution in [0.25, 0.3) is 0 Å². The minimum atomic E-state index is -0.0435. The third kappa shape index (κ3) is 3.21. The first-order chi connectivity index (χ1) is 8.12. The first-order valence-electron chi connectivity index (χ1n) is 7.03. The van der Waals surface area contributed by atoms with E-state index in [1.54, 1.807) is 0 Å². The smallest absolute Gasteiger partial charge is 0.323 e. The zero-order chi connectivity index (χ0) is 12.9. The second-order valence-electron chi connectivity index (χ2n) is 5.10. The summed E-state index contributed by atoms with van der Waals surface area (Å²) in [5.41, 5.74) is 0.430. The lowest BCUT2D eigenvalue weighted by atomic mass is 9.82. The maximum atomic E-state index is 11.9. The molecule has 1 atom stereocenters. The van der Waals surface area contributed by atoms with E-state index in [4.69, 9.17) is 4.74 Å². The van der Waals surface area contributed by atoms with Crippen LogP contribution in [0.5, 0.6) is 0 Å². The van der Waals surface area contributed by atoms with Gasteiger partial charge in [0.05, 0.1) is 6.61 Å². The molecule has 1 unspecified atom stereocenters. The van der Waals surface area contributed by atoms with Crippen LogP contribution in [0.2, 0.25) is 0 Å². The molecule has 3 nitrogen and oxygen atoms in total. The van der Waals surface area contributed by atoms with E-state index >= 15 is 0 Å². The lowest BCUT2D eigenvalue weighted by Gasteiger charge is -2.29. The average Bonchev–Trinajstić information content (AvgIpc) is 2.75. The highest BCUT2D eigenvalue weighted by molar-refractivity contribution is 5.75. The Morgan fingerprint density at radius 2 is 1.94 bits per heavy atom. The van der Waals surface area contributed by atoms with Crippen LogP contribution in [-0.4, -0.2) is 36.6 Å². The Kier molecular flexibility index (Phi) is 5.44. The zero-order valence-corrected chi connectivity index (χ0v) is 11.8. The third-order valence-electron chi connectivity index (χ3n) is 4.35. The molecule has 0 radical (unpaired) electrons. The average molecular weight is 241 g/mol. The summed E-state index contributed by atoms with van der Waals surface area (Å²) in [5, 5.41) is 0. The molecule has 1 aliphatic rings. The van der Waals surface area contributed by atoms with Crippen molar-refractivity contribution in [2.24, 2.45) is 5.41 Å². The predicted octanol–water partition coefficient (Wildman–Crippen LogP) is 2.84. The second-order valence-corrected chi connectivity index (χ2v) is 5.10. The maximum absolute atomic E-state index is 11.9. The van der Waals surface area contributed by atoms with Crippen LogP contribution in [0.15, 0.2) is 0 Å². The highest BCUT2D eigenvalue weighted by Gasteiger charge is 2.39. The van der Waals surface area contributed by atoms with E-state index in [0.29, 0.717) is 12.0 Å². The number of carbonyl (C=O) groups excluding carboxylic acids is 1. The standard InChI is InChI=1S/C14H27NO2/c1-5-12(13(16)17-8-4)15-10-9-14(6-2,7-3)11-15/h12H,5-11H2,1-4H3. The molecule has 0 aromatic carbocycles. The second kappa shape index (κ2) is 6.39.